The zero-order valence-electron chi connectivity index (χ0n) is 31.5. The van der Waals surface area contributed by atoms with Crippen molar-refractivity contribution in [2.75, 3.05) is 0 Å². The molecule has 264 valence electrons. The molecule has 0 saturated heterocycles. The van der Waals surface area contributed by atoms with Crippen LogP contribution in [0.3, 0.4) is 0 Å². The molecular formula is C44H76O2. The molecule has 0 heterocycles. The molecule has 46 heavy (non-hydrogen) atoms. The summed E-state index contributed by atoms with van der Waals surface area (Å²) in [5, 5.41) is 10.3. The molecule has 9 atom stereocenters. The van der Waals surface area contributed by atoms with Crippen molar-refractivity contribution >= 4 is 5.97 Å². The number of rotatable bonds is 20. The summed E-state index contributed by atoms with van der Waals surface area (Å²) in [5.74, 6) is 4.84. The van der Waals surface area contributed by atoms with Crippen molar-refractivity contribution in [3.05, 3.63) is 23.8 Å². The molecule has 0 radical (unpaired) electrons. The molecule has 4 aliphatic rings. The Morgan fingerprint density at radius 3 is 2.20 bits per heavy atom. The highest BCUT2D eigenvalue weighted by atomic mass is 16.4. The van der Waals surface area contributed by atoms with E-state index in [4.69, 9.17) is 0 Å². The molecule has 3 fully saturated rings. The molecule has 0 aromatic heterocycles. The normalized spacial score (nSPS) is 33.8. The number of unbranched alkanes of at least 4 members (excludes halogenated alkanes) is 9. The molecule has 2 nitrogen and oxygen atoms in total. The number of carboxylic acid groups (broad SMARTS) is 1. The highest BCUT2D eigenvalue weighted by Crippen LogP contribution is 2.67. The van der Waals surface area contributed by atoms with Crippen LogP contribution in [0.2, 0.25) is 0 Å². The first-order valence-corrected chi connectivity index (χ1v) is 20.7. The number of carbonyl (C=O) groups is 1. The van der Waals surface area contributed by atoms with E-state index in [1.807, 2.05) is 0 Å². The van der Waals surface area contributed by atoms with Crippen molar-refractivity contribution < 1.29 is 9.90 Å². The third kappa shape index (κ3) is 9.34. The van der Waals surface area contributed by atoms with Crippen molar-refractivity contribution in [3.8, 4) is 0 Å². The monoisotopic (exact) mass is 637 g/mol. The van der Waals surface area contributed by atoms with E-state index in [1.165, 1.54) is 122 Å². The molecule has 0 aliphatic heterocycles. The van der Waals surface area contributed by atoms with Gasteiger partial charge >= 0.3 is 5.97 Å². The van der Waals surface area contributed by atoms with Gasteiger partial charge in [-0.1, -0.05) is 130 Å². The van der Waals surface area contributed by atoms with Gasteiger partial charge in [-0.3, -0.25) is 4.79 Å². The van der Waals surface area contributed by atoms with Gasteiger partial charge in [0, 0.05) is 0 Å². The molecule has 3 saturated carbocycles. The van der Waals surface area contributed by atoms with Crippen LogP contribution in [0.5, 0.6) is 0 Å². The molecule has 4 aliphatic carbocycles. The van der Waals surface area contributed by atoms with E-state index in [0.717, 1.165) is 61.2 Å². The minimum absolute atomic E-state index is 0.154. The van der Waals surface area contributed by atoms with Crippen molar-refractivity contribution in [1.82, 2.24) is 0 Å². The summed E-state index contributed by atoms with van der Waals surface area (Å²) in [4.78, 5) is 12.5. The summed E-state index contributed by atoms with van der Waals surface area (Å²) in [6.45, 7) is 14.9. The fraction of sp³-hybridized carbons (Fsp3) is 0.886. The minimum atomic E-state index is -0.530. The van der Waals surface area contributed by atoms with Gasteiger partial charge in [-0.15, -0.1) is 0 Å². The third-order valence-electron chi connectivity index (χ3n) is 14.5. The summed E-state index contributed by atoms with van der Waals surface area (Å²) in [7, 11) is 0. The smallest absolute Gasteiger partial charge is 0.306 e. The predicted molar refractivity (Wildman–Crippen MR) is 198 cm³/mol. The Bertz CT molecular complexity index is 976. The second kappa shape index (κ2) is 18.1. The Hall–Kier alpha value is -1.05. The van der Waals surface area contributed by atoms with Gasteiger partial charge in [0.2, 0.25) is 0 Å². The Morgan fingerprint density at radius 1 is 0.826 bits per heavy atom. The van der Waals surface area contributed by atoms with Gasteiger partial charge in [-0.2, -0.15) is 0 Å². The Labute approximate surface area is 286 Å². The minimum Gasteiger partial charge on any atom is -0.481 e. The van der Waals surface area contributed by atoms with Crippen LogP contribution in [0.15, 0.2) is 23.8 Å². The quantitative estimate of drug-likeness (QED) is 0.107. The van der Waals surface area contributed by atoms with E-state index in [2.05, 4.69) is 59.8 Å². The van der Waals surface area contributed by atoms with Crippen LogP contribution in [0.1, 0.15) is 189 Å². The van der Waals surface area contributed by atoms with Crippen LogP contribution in [-0.4, -0.2) is 11.1 Å². The molecule has 0 amide bonds. The number of allylic oxidation sites excluding steroid dienone is 4. The second-order valence-electron chi connectivity index (χ2n) is 17.9. The molecule has 0 spiro atoms. The first-order valence-electron chi connectivity index (χ1n) is 20.7. The van der Waals surface area contributed by atoms with Gasteiger partial charge in [0.25, 0.3) is 0 Å². The van der Waals surface area contributed by atoms with E-state index in [-0.39, 0.29) is 5.92 Å². The zero-order valence-corrected chi connectivity index (χ0v) is 31.5. The molecule has 0 aromatic carbocycles. The van der Waals surface area contributed by atoms with E-state index >= 15 is 0 Å². The standard InChI is InChI=1S/C44H76O2/c1-7-8-9-10-11-12-13-14-15-16-17-18-19-23-37(42(45)46)35-28-30-43(5)36(32-35)24-25-38-40-27-26-39(34(4)22-20-21-33(2)3)44(40,6)31-29-41(38)43/h13-14,24,33-35,37-41H,7-12,15-23,25-32H2,1-6H3,(H,45,46)/b14-13-/t34-,35+,37?,38+,39-,40+,41+,43+,44-/m1/s1. The molecule has 0 bridgehead atoms. The Morgan fingerprint density at radius 2 is 1.52 bits per heavy atom. The van der Waals surface area contributed by atoms with Crippen molar-refractivity contribution in [2.45, 2.75) is 189 Å². The summed E-state index contributed by atoms with van der Waals surface area (Å²) in [6.07, 6.45) is 36.9. The van der Waals surface area contributed by atoms with Crippen molar-refractivity contribution in [3.63, 3.8) is 0 Å². The molecule has 0 aromatic rings. The van der Waals surface area contributed by atoms with Crippen LogP contribution >= 0.6 is 0 Å². The molecular weight excluding hydrogens is 560 g/mol. The van der Waals surface area contributed by atoms with E-state index in [9.17, 15) is 9.90 Å². The van der Waals surface area contributed by atoms with Crippen LogP contribution in [0.4, 0.5) is 0 Å². The number of fused-ring (bicyclic) bond motifs is 5. The number of carboxylic acids is 1. The lowest BCUT2D eigenvalue weighted by atomic mass is 9.46. The fourth-order valence-electron chi connectivity index (χ4n) is 11.7. The lowest BCUT2D eigenvalue weighted by Crippen LogP contribution is -2.51. The van der Waals surface area contributed by atoms with Gasteiger partial charge < -0.3 is 5.11 Å². The lowest BCUT2D eigenvalue weighted by Gasteiger charge is -2.59. The largest absolute Gasteiger partial charge is 0.481 e. The van der Waals surface area contributed by atoms with Gasteiger partial charge in [0.1, 0.15) is 0 Å². The second-order valence-corrected chi connectivity index (χ2v) is 17.9. The fourth-order valence-corrected chi connectivity index (χ4v) is 11.7. The van der Waals surface area contributed by atoms with E-state index in [1.54, 1.807) is 5.57 Å². The molecule has 2 heteroatoms. The first kappa shape index (κ1) is 37.8. The number of aliphatic carboxylic acids is 1. The molecule has 1 N–H and O–H groups in total. The summed E-state index contributed by atoms with van der Waals surface area (Å²) in [5.41, 5.74) is 2.51. The Balaban J connectivity index is 1.24. The highest BCUT2D eigenvalue weighted by molar-refractivity contribution is 5.70. The molecule has 1 unspecified atom stereocenters. The lowest BCUT2D eigenvalue weighted by molar-refractivity contribution is -0.144. The maximum atomic E-state index is 12.5. The first-order chi connectivity index (χ1) is 22.1. The highest BCUT2D eigenvalue weighted by Gasteiger charge is 2.59. The van der Waals surface area contributed by atoms with Gasteiger partial charge in [0.05, 0.1) is 5.92 Å². The summed E-state index contributed by atoms with van der Waals surface area (Å²) >= 11 is 0. The van der Waals surface area contributed by atoms with Gasteiger partial charge in [-0.05, 0) is 136 Å². The zero-order chi connectivity index (χ0) is 33.2. The average molecular weight is 637 g/mol. The van der Waals surface area contributed by atoms with Gasteiger partial charge in [0.15, 0.2) is 0 Å². The van der Waals surface area contributed by atoms with Crippen LogP contribution in [0, 0.1) is 58.2 Å². The van der Waals surface area contributed by atoms with Crippen LogP contribution in [-0.2, 0) is 4.79 Å². The SMILES string of the molecule is CCCCCCC/C=C\CCCCCCC(C(=O)O)[C@H]1CC[C@@]2(C)C(=CC[C@H]3[C@@H]4CC[C@H]([C@H](C)CCCC(C)C)[C@@]4(C)CC[C@@H]32)C1. The summed E-state index contributed by atoms with van der Waals surface area (Å²) < 4.78 is 0. The van der Waals surface area contributed by atoms with Crippen LogP contribution in [0.25, 0.3) is 0 Å². The third-order valence-corrected chi connectivity index (χ3v) is 14.5. The maximum Gasteiger partial charge on any atom is 0.306 e. The summed E-state index contributed by atoms with van der Waals surface area (Å²) in [6, 6.07) is 0. The Kier molecular flexibility index (Phi) is 14.8. The van der Waals surface area contributed by atoms with Crippen LogP contribution < -0.4 is 0 Å². The van der Waals surface area contributed by atoms with E-state index < -0.39 is 5.97 Å². The number of hydrogen-bond acceptors (Lipinski definition) is 1. The number of hydrogen-bond donors (Lipinski definition) is 1. The molecule has 4 rings (SSSR count). The van der Waals surface area contributed by atoms with Crippen molar-refractivity contribution in [1.29, 1.82) is 0 Å². The maximum absolute atomic E-state index is 12.5. The topological polar surface area (TPSA) is 37.3 Å². The van der Waals surface area contributed by atoms with E-state index in [0.29, 0.717) is 16.7 Å². The van der Waals surface area contributed by atoms with Crippen molar-refractivity contribution in [2.24, 2.45) is 58.2 Å². The van der Waals surface area contributed by atoms with Gasteiger partial charge in [-0.25, -0.2) is 0 Å². The average Bonchev–Trinajstić information content (AvgIpc) is 3.38. The predicted octanol–water partition coefficient (Wildman–Crippen LogP) is 13.6.